The number of hydrogen-bond acceptors (Lipinski definition) is 4. The molecule has 1 aliphatic heterocycles. The van der Waals surface area contributed by atoms with Crippen LogP contribution in [0.15, 0.2) is 54.6 Å². The molecule has 8 nitrogen and oxygen atoms in total. The van der Waals surface area contributed by atoms with Gasteiger partial charge in [0.2, 0.25) is 5.91 Å². The number of aliphatic carboxylic acids is 1. The summed E-state index contributed by atoms with van der Waals surface area (Å²) in [7, 11) is 0. The first-order valence-corrected chi connectivity index (χ1v) is 12.2. The lowest BCUT2D eigenvalue weighted by Gasteiger charge is -2.31. The largest absolute Gasteiger partial charge is 0.490 e. The summed E-state index contributed by atoms with van der Waals surface area (Å²) in [6.07, 6.45) is -2.74. The maximum Gasteiger partial charge on any atom is 0.490 e. The van der Waals surface area contributed by atoms with Crippen molar-refractivity contribution in [2.24, 2.45) is 11.8 Å². The van der Waals surface area contributed by atoms with E-state index in [1.54, 1.807) is 41.3 Å². The van der Waals surface area contributed by atoms with Gasteiger partial charge in [0.1, 0.15) is 0 Å². The summed E-state index contributed by atoms with van der Waals surface area (Å²) in [5.74, 6) is -2.34. The highest BCUT2D eigenvalue weighted by atomic mass is 19.4. The molecule has 0 radical (unpaired) electrons. The molecule has 0 bridgehead atoms. The van der Waals surface area contributed by atoms with Crippen molar-refractivity contribution in [2.75, 3.05) is 25.0 Å². The molecule has 1 heterocycles. The van der Waals surface area contributed by atoms with Gasteiger partial charge >= 0.3 is 12.1 Å². The molecule has 0 spiro atoms. The second-order valence-corrected chi connectivity index (χ2v) is 9.24. The number of anilines is 1. The van der Waals surface area contributed by atoms with Crippen molar-refractivity contribution in [3.05, 3.63) is 65.7 Å². The fourth-order valence-electron chi connectivity index (χ4n) is 3.64. The average Bonchev–Trinajstić information content (AvgIpc) is 2.89. The van der Waals surface area contributed by atoms with Crippen molar-refractivity contribution in [1.82, 2.24) is 10.2 Å². The number of carboxylic acid groups (broad SMARTS) is 1. The van der Waals surface area contributed by atoms with Crippen molar-refractivity contribution in [1.29, 1.82) is 0 Å². The lowest BCUT2D eigenvalue weighted by Crippen LogP contribution is -2.43. The number of nitrogens with one attached hydrogen (secondary N) is 2. The van der Waals surface area contributed by atoms with Crippen LogP contribution in [-0.4, -0.2) is 59.5 Å². The fraction of sp³-hybridized carbons (Fsp3) is 0.407. The van der Waals surface area contributed by atoms with Crippen LogP contribution in [-0.2, 0) is 9.59 Å². The van der Waals surface area contributed by atoms with Gasteiger partial charge in [-0.1, -0.05) is 32.0 Å². The molecule has 3 amide bonds. The lowest BCUT2D eigenvalue weighted by molar-refractivity contribution is -0.192. The molecule has 1 fully saturated rings. The Morgan fingerprint density at radius 3 is 2.00 bits per heavy atom. The topological polar surface area (TPSA) is 116 Å². The highest BCUT2D eigenvalue weighted by Gasteiger charge is 2.38. The fourth-order valence-corrected chi connectivity index (χ4v) is 3.64. The second kappa shape index (κ2) is 14.2. The van der Waals surface area contributed by atoms with E-state index in [2.05, 4.69) is 24.5 Å². The molecule has 3 rings (SSSR count). The summed E-state index contributed by atoms with van der Waals surface area (Å²) in [5.41, 5.74) is 1.80. The first-order chi connectivity index (χ1) is 17.9. The Hall–Kier alpha value is -3.89. The number of alkyl halides is 3. The molecule has 0 aromatic heterocycles. The van der Waals surface area contributed by atoms with E-state index in [-0.39, 0.29) is 23.6 Å². The van der Waals surface area contributed by atoms with Gasteiger partial charge < -0.3 is 20.6 Å². The van der Waals surface area contributed by atoms with Crippen LogP contribution in [0, 0.1) is 11.8 Å². The minimum Gasteiger partial charge on any atom is -0.475 e. The molecule has 1 saturated heterocycles. The molecule has 11 heteroatoms. The molecule has 0 saturated carbocycles. The minimum atomic E-state index is -5.08. The molecule has 2 aromatic carbocycles. The van der Waals surface area contributed by atoms with Crippen molar-refractivity contribution in [3.63, 3.8) is 0 Å². The van der Waals surface area contributed by atoms with E-state index in [4.69, 9.17) is 9.90 Å². The molecule has 0 unspecified atom stereocenters. The number of carboxylic acids is 1. The van der Waals surface area contributed by atoms with Gasteiger partial charge in [-0.3, -0.25) is 14.4 Å². The maximum atomic E-state index is 12.8. The zero-order valence-electron chi connectivity index (χ0n) is 21.3. The lowest BCUT2D eigenvalue weighted by atomic mass is 9.95. The van der Waals surface area contributed by atoms with Crippen molar-refractivity contribution >= 4 is 29.4 Å². The van der Waals surface area contributed by atoms with Gasteiger partial charge in [0.25, 0.3) is 11.8 Å². The summed E-state index contributed by atoms with van der Waals surface area (Å²) < 4.78 is 31.7. The number of amides is 3. The van der Waals surface area contributed by atoms with Crippen molar-refractivity contribution in [3.8, 4) is 0 Å². The summed E-state index contributed by atoms with van der Waals surface area (Å²) in [5, 5.41) is 13.0. The molecule has 2 aromatic rings. The number of halogens is 3. The molecular formula is C27H32F3N3O5. The number of carbonyl (C=O) groups is 4. The Bertz CT molecular complexity index is 1080. The van der Waals surface area contributed by atoms with Gasteiger partial charge in [0.15, 0.2) is 0 Å². The van der Waals surface area contributed by atoms with Crippen LogP contribution in [0.3, 0.4) is 0 Å². The number of piperidine rings is 1. The van der Waals surface area contributed by atoms with Gasteiger partial charge in [-0.2, -0.15) is 13.2 Å². The Balaban J connectivity index is 0.000000638. The van der Waals surface area contributed by atoms with Gasteiger partial charge in [-0.05, 0) is 61.6 Å². The van der Waals surface area contributed by atoms with Crippen LogP contribution in [0.2, 0.25) is 0 Å². The Labute approximate surface area is 219 Å². The number of rotatable bonds is 7. The summed E-state index contributed by atoms with van der Waals surface area (Å²) in [6.45, 7) is 6.14. The van der Waals surface area contributed by atoms with E-state index in [1.165, 1.54) is 0 Å². The van der Waals surface area contributed by atoms with Crippen LogP contribution in [0.1, 0.15) is 53.8 Å². The zero-order chi connectivity index (χ0) is 28.3. The normalized spacial score (nSPS) is 13.8. The van der Waals surface area contributed by atoms with Gasteiger partial charge in [-0.25, -0.2) is 4.79 Å². The number of likely N-dealkylation sites (tertiary alicyclic amines) is 1. The van der Waals surface area contributed by atoms with Crippen LogP contribution < -0.4 is 10.6 Å². The highest BCUT2D eigenvalue weighted by Crippen LogP contribution is 2.20. The van der Waals surface area contributed by atoms with Gasteiger partial charge in [0.05, 0.1) is 0 Å². The van der Waals surface area contributed by atoms with Crippen LogP contribution in [0.25, 0.3) is 0 Å². The third kappa shape index (κ3) is 9.87. The third-order valence-corrected chi connectivity index (χ3v) is 5.84. The highest BCUT2D eigenvalue weighted by molar-refractivity contribution is 6.04. The van der Waals surface area contributed by atoms with Gasteiger partial charge in [0, 0.05) is 42.4 Å². The molecule has 0 atom stereocenters. The van der Waals surface area contributed by atoms with Crippen LogP contribution in [0.4, 0.5) is 18.9 Å². The van der Waals surface area contributed by atoms with Crippen molar-refractivity contribution < 1.29 is 37.5 Å². The summed E-state index contributed by atoms with van der Waals surface area (Å²) in [6, 6.07) is 15.9. The Kier molecular flexibility index (Phi) is 11.3. The second-order valence-electron chi connectivity index (χ2n) is 9.24. The number of benzene rings is 2. The number of carbonyl (C=O) groups excluding carboxylic acids is 3. The van der Waals surface area contributed by atoms with Crippen LogP contribution in [0.5, 0.6) is 0 Å². The Morgan fingerprint density at radius 2 is 1.50 bits per heavy atom. The van der Waals surface area contributed by atoms with Crippen molar-refractivity contribution in [2.45, 2.75) is 39.3 Å². The predicted octanol–water partition coefficient (Wildman–Crippen LogP) is 4.59. The molecule has 3 N–H and O–H groups in total. The van der Waals surface area contributed by atoms with E-state index in [0.717, 1.165) is 6.42 Å². The minimum absolute atomic E-state index is 0.0215. The molecule has 0 aliphatic carbocycles. The van der Waals surface area contributed by atoms with E-state index in [1.807, 2.05) is 18.2 Å². The van der Waals surface area contributed by atoms with E-state index >= 15 is 0 Å². The summed E-state index contributed by atoms with van der Waals surface area (Å²) >= 11 is 0. The summed E-state index contributed by atoms with van der Waals surface area (Å²) in [4.78, 5) is 48.1. The molecule has 38 heavy (non-hydrogen) atoms. The number of nitrogens with zero attached hydrogens (tertiary/aromatic N) is 1. The first-order valence-electron chi connectivity index (χ1n) is 12.2. The zero-order valence-corrected chi connectivity index (χ0v) is 21.3. The molecule has 1 aliphatic rings. The van der Waals surface area contributed by atoms with E-state index < -0.39 is 12.1 Å². The van der Waals surface area contributed by atoms with Gasteiger partial charge in [-0.15, -0.1) is 0 Å². The van der Waals surface area contributed by atoms with Crippen LogP contribution >= 0.6 is 0 Å². The molecular weight excluding hydrogens is 503 g/mol. The molecule has 206 valence electrons. The SMILES string of the molecule is CC(C)CCNC(=O)C1CCN(C(=O)c2ccc(NC(=O)c3ccccc3)cc2)CC1.O=C(O)C(F)(F)F. The predicted molar refractivity (Wildman–Crippen MR) is 136 cm³/mol. The third-order valence-electron chi connectivity index (χ3n) is 5.84. The Morgan fingerprint density at radius 1 is 0.947 bits per heavy atom. The van der Waals surface area contributed by atoms with E-state index in [9.17, 15) is 27.6 Å². The number of hydrogen-bond donors (Lipinski definition) is 3. The van der Waals surface area contributed by atoms with E-state index in [0.29, 0.717) is 55.2 Å². The first kappa shape index (κ1) is 30.3. The maximum absolute atomic E-state index is 12.8. The quantitative estimate of drug-likeness (QED) is 0.480. The monoisotopic (exact) mass is 535 g/mol. The smallest absolute Gasteiger partial charge is 0.475 e. The average molecular weight is 536 g/mol. The standard InChI is InChI=1S/C25H31N3O3.C2HF3O2/c1-18(2)12-15-26-23(29)20-13-16-28(17-14-20)25(31)21-8-10-22(11-9-21)27-24(30)19-6-4-3-5-7-19;3-2(4,5)1(6)7/h3-11,18,20H,12-17H2,1-2H3,(H,26,29)(H,27,30);(H,6,7).